The molecular formula is C27H23Cl2NO5. The van der Waals surface area contributed by atoms with Gasteiger partial charge in [0.1, 0.15) is 0 Å². The smallest absolute Gasteiger partial charge is 0.294 e. The summed E-state index contributed by atoms with van der Waals surface area (Å²) in [7, 11) is 1.50. The van der Waals surface area contributed by atoms with Crippen LogP contribution in [0.25, 0.3) is 0 Å². The summed E-state index contributed by atoms with van der Waals surface area (Å²) < 4.78 is 11.3. The van der Waals surface area contributed by atoms with Gasteiger partial charge in [-0.15, -0.1) is 0 Å². The molecule has 180 valence electrons. The maximum atomic E-state index is 13.6. The van der Waals surface area contributed by atoms with Crippen LogP contribution in [0.2, 0.25) is 10.0 Å². The second-order valence-corrected chi connectivity index (χ2v) is 9.05. The van der Waals surface area contributed by atoms with Crippen LogP contribution in [0.3, 0.4) is 0 Å². The molecule has 1 heterocycles. The Labute approximate surface area is 213 Å². The molecule has 3 aromatic carbocycles. The van der Waals surface area contributed by atoms with E-state index in [1.165, 1.54) is 12.0 Å². The number of Topliss-reactive ketones (excluding diaryl/α,β-unsaturated/α-hetero) is 1. The molecule has 0 bridgehead atoms. The summed E-state index contributed by atoms with van der Waals surface area (Å²) >= 11 is 12.4. The minimum Gasteiger partial charge on any atom is -0.503 e. The standard InChI is InChI=1S/C27H23Cl2NO5/c1-15(2)35-21-13-12-18(14-22(21)34-3)30-24(16-8-10-17(28)11-9-16)23(26(32)27(30)33)25(31)19-6-4-5-7-20(19)29/h4-15,24,32H,1-3H3. The molecule has 1 aliphatic rings. The molecule has 3 aromatic rings. The molecule has 1 amide bonds. The molecule has 0 aliphatic carbocycles. The van der Waals surface area contributed by atoms with Crippen molar-refractivity contribution in [3.05, 3.63) is 99.2 Å². The van der Waals surface area contributed by atoms with Gasteiger partial charge in [-0.25, -0.2) is 0 Å². The lowest BCUT2D eigenvalue weighted by Crippen LogP contribution is -2.31. The lowest BCUT2D eigenvalue weighted by atomic mass is 9.92. The largest absolute Gasteiger partial charge is 0.503 e. The van der Waals surface area contributed by atoms with Gasteiger partial charge in [0.2, 0.25) is 0 Å². The third-order valence-corrected chi connectivity index (χ3v) is 6.13. The van der Waals surface area contributed by atoms with E-state index in [0.717, 1.165) is 0 Å². The van der Waals surface area contributed by atoms with Gasteiger partial charge in [-0.05, 0) is 55.8 Å². The van der Waals surface area contributed by atoms with E-state index in [1.54, 1.807) is 66.7 Å². The quantitative estimate of drug-likeness (QED) is 0.363. The van der Waals surface area contributed by atoms with Crippen LogP contribution in [0.15, 0.2) is 78.1 Å². The first kappa shape index (κ1) is 24.6. The fourth-order valence-electron chi connectivity index (χ4n) is 4.01. The summed E-state index contributed by atoms with van der Waals surface area (Å²) in [5.74, 6) is -0.999. The highest BCUT2D eigenvalue weighted by Crippen LogP contribution is 2.44. The fraction of sp³-hybridized carbons (Fsp3) is 0.185. The predicted molar refractivity (Wildman–Crippen MR) is 136 cm³/mol. The zero-order chi connectivity index (χ0) is 25.3. The van der Waals surface area contributed by atoms with Gasteiger partial charge in [-0.3, -0.25) is 14.5 Å². The number of hydrogen-bond donors (Lipinski definition) is 1. The van der Waals surface area contributed by atoms with E-state index in [9.17, 15) is 14.7 Å². The zero-order valence-corrected chi connectivity index (χ0v) is 20.8. The Morgan fingerprint density at radius 3 is 2.31 bits per heavy atom. The second kappa shape index (κ2) is 10.0. The Morgan fingerprint density at radius 1 is 1.00 bits per heavy atom. The number of methoxy groups -OCH3 is 1. The van der Waals surface area contributed by atoms with Crippen LogP contribution in [0.1, 0.15) is 35.8 Å². The Kier molecular flexibility index (Phi) is 7.05. The van der Waals surface area contributed by atoms with Crippen LogP contribution in [0, 0.1) is 0 Å². The Balaban J connectivity index is 1.87. The molecule has 0 saturated heterocycles. The van der Waals surface area contributed by atoms with E-state index in [2.05, 4.69) is 0 Å². The molecule has 0 fully saturated rings. The van der Waals surface area contributed by atoms with E-state index in [0.29, 0.717) is 27.8 Å². The number of ether oxygens (including phenoxy) is 2. The first-order valence-corrected chi connectivity index (χ1v) is 11.6. The van der Waals surface area contributed by atoms with Crippen molar-refractivity contribution in [2.24, 2.45) is 0 Å². The minimum atomic E-state index is -0.926. The maximum Gasteiger partial charge on any atom is 0.294 e. The van der Waals surface area contributed by atoms with Gasteiger partial charge in [0.15, 0.2) is 23.0 Å². The van der Waals surface area contributed by atoms with Gasteiger partial charge < -0.3 is 14.6 Å². The Morgan fingerprint density at radius 2 is 1.69 bits per heavy atom. The number of aliphatic hydroxyl groups excluding tert-OH is 1. The van der Waals surface area contributed by atoms with Crippen molar-refractivity contribution in [3.63, 3.8) is 0 Å². The third kappa shape index (κ3) is 4.72. The van der Waals surface area contributed by atoms with Crippen LogP contribution < -0.4 is 14.4 Å². The van der Waals surface area contributed by atoms with Crippen molar-refractivity contribution in [2.45, 2.75) is 26.0 Å². The van der Waals surface area contributed by atoms with Crippen LogP contribution in [-0.4, -0.2) is 30.0 Å². The molecule has 6 nitrogen and oxygen atoms in total. The summed E-state index contributed by atoms with van der Waals surface area (Å²) in [5.41, 5.74) is 1.11. The van der Waals surface area contributed by atoms with Gasteiger partial charge in [0.25, 0.3) is 5.91 Å². The van der Waals surface area contributed by atoms with E-state index < -0.39 is 23.5 Å². The molecule has 0 saturated carbocycles. The number of hydrogen-bond acceptors (Lipinski definition) is 5. The molecule has 35 heavy (non-hydrogen) atoms. The highest BCUT2D eigenvalue weighted by atomic mass is 35.5. The maximum absolute atomic E-state index is 13.6. The van der Waals surface area contributed by atoms with E-state index in [4.69, 9.17) is 32.7 Å². The molecule has 1 atom stereocenters. The normalized spacial score (nSPS) is 15.7. The topological polar surface area (TPSA) is 76.1 Å². The lowest BCUT2D eigenvalue weighted by Gasteiger charge is -2.28. The number of benzene rings is 3. The van der Waals surface area contributed by atoms with E-state index in [-0.39, 0.29) is 22.3 Å². The summed E-state index contributed by atoms with van der Waals surface area (Å²) in [6.07, 6.45) is -0.0875. The van der Waals surface area contributed by atoms with Crippen LogP contribution in [-0.2, 0) is 4.79 Å². The van der Waals surface area contributed by atoms with Crippen molar-refractivity contribution >= 4 is 40.6 Å². The average Bonchev–Trinajstić information content (AvgIpc) is 3.10. The van der Waals surface area contributed by atoms with Crippen molar-refractivity contribution in [3.8, 4) is 11.5 Å². The molecule has 1 unspecified atom stereocenters. The molecule has 0 spiro atoms. The third-order valence-electron chi connectivity index (χ3n) is 5.55. The first-order valence-electron chi connectivity index (χ1n) is 10.9. The SMILES string of the molecule is COc1cc(N2C(=O)C(O)=C(C(=O)c3ccccc3Cl)C2c2ccc(Cl)cc2)ccc1OC(C)C. The van der Waals surface area contributed by atoms with E-state index >= 15 is 0 Å². The number of aliphatic hydroxyl groups is 1. The summed E-state index contributed by atoms with van der Waals surface area (Å²) in [6, 6.07) is 17.3. The monoisotopic (exact) mass is 511 g/mol. The Hall–Kier alpha value is -3.48. The highest BCUT2D eigenvalue weighted by molar-refractivity contribution is 6.35. The van der Waals surface area contributed by atoms with Gasteiger partial charge in [-0.1, -0.05) is 47.5 Å². The van der Waals surface area contributed by atoms with Crippen molar-refractivity contribution in [2.75, 3.05) is 12.0 Å². The van der Waals surface area contributed by atoms with Crippen LogP contribution in [0.5, 0.6) is 11.5 Å². The van der Waals surface area contributed by atoms with Crippen LogP contribution in [0.4, 0.5) is 5.69 Å². The summed E-state index contributed by atoms with van der Waals surface area (Å²) in [4.78, 5) is 28.3. The number of amides is 1. The zero-order valence-electron chi connectivity index (χ0n) is 19.3. The summed E-state index contributed by atoms with van der Waals surface area (Å²) in [6.45, 7) is 3.78. The van der Waals surface area contributed by atoms with Gasteiger partial charge >= 0.3 is 0 Å². The predicted octanol–water partition coefficient (Wildman–Crippen LogP) is 6.57. The molecule has 4 rings (SSSR count). The molecule has 1 aliphatic heterocycles. The number of ketones is 1. The van der Waals surface area contributed by atoms with Crippen molar-refractivity contribution < 1.29 is 24.2 Å². The second-order valence-electron chi connectivity index (χ2n) is 8.20. The van der Waals surface area contributed by atoms with Crippen molar-refractivity contribution in [1.82, 2.24) is 0 Å². The first-order chi connectivity index (χ1) is 16.7. The van der Waals surface area contributed by atoms with E-state index in [1.807, 2.05) is 13.8 Å². The highest BCUT2D eigenvalue weighted by Gasteiger charge is 2.45. The molecule has 0 radical (unpaired) electrons. The molecule has 1 N–H and O–H groups in total. The minimum absolute atomic E-state index is 0.0769. The average molecular weight is 512 g/mol. The molecule has 8 heteroatoms. The number of nitrogens with zero attached hydrogens (tertiary/aromatic N) is 1. The van der Waals surface area contributed by atoms with Crippen molar-refractivity contribution in [1.29, 1.82) is 0 Å². The van der Waals surface area contributed by atoms with Gasteiger partial charge in [0, 0.05) is 22.3 Å². The Bertz CT molecular complexity index is 1320. The van der Waals surface area contributed by atoms with Crippen LogP contribution >= 0.6 is 23.2 Å². The number of halogens is 2. The van der Waals surface area contributed by atoms with Gasteiger partial charge in [0.05, 0.1) is 29.9 Å². The number of rotatable bonds is 7. The number of anilines is 1. The summed E-state index contributed by atoms with van der Waals surface area (Å²) in [5, 5.41) is 11.7. The number of carbonyl (C=O) groups is 2. The fourth-order valence-corrected chi connectivity index (χ4v) is 4.36. The number of carbonyl (C=O) groups excluding carboxylic acids is 2. The lowest BCUT2D eigenvalue weighted by molar-refractivity contribution is -0.117. The molecular weight excluding hydrogens is 489 g/mol. The molecule has 0 aromatic heterocycles. The van der Waals surface area contributed by atoms with Gasteiger partial charge in [-0.2, -0.15) is 0 Å².